The molecule has 5 nitrogen and oxygen atoms in total. The van der Waals surface area contributed by atoms with Gasteiger partial charge in [-0.1, -0.05) is 0 Å². The van der Waals surface area contributed by atoms with E-state index in [-0.39, 0.29) is 23.6 Å². The predicted molar refractivity (Wildman–Crippen MR) is 80.0 cm³/mol. The highest BCUT2D eigenvalue weighted by molar-refractivity contribution is 6.00. The van der Waals surface area contributed by atoms with Crippen molar-refractivity contribution in [3.05, 3.63) is 34.9 Å². The molecule has 1 saturated heterocycles. The summed E-state index contributed by atoms with van der Waals surface area (Å²) < 4.78 is 32.6. The van der Waals surface area contributed by atoms with Gasteiger partial charge in [0.1, 0.15) is 17.2 Å². The fourth-order valence-electron chi connectivity index (χ4n) is 3.06. The van der Waals surface area contributed by atoms with Crippen molar-refractivity contribution in [1.29, 1.82) is 0 Å². The van der Waals surface area contributed by atoms with Gasteiger partial charge in [0.25, 0.3) is 5.91 Å². The Bertz CT molecular complexity index is 636. The molecule has 7 heteroatoms. The normalized spacial score (nSPS) is 20.7. The van der Waals surface area contributed by atoms with Crippen molar-refractivity contribution >= 4 is 11.8 Å². The Morgan fingerprint density at radius 3 is 2.65 bits per heavy atom. The lowest BCUT2D eigenvalue weighted by Crippen LogP contribution is -2.59. The second-order valence-corrected chi connectivity index (χ2v) is 5.69. The molecule has 1 aliphatic rings. The van der Waals surface area contributed by atoms with Crippen LogP contribution in [0.3, 0.4) is 0 Å². The molecule has 1 N–H and O–H groups in total. The molecule has 1 heterocycles. The van der Waals surface area contributed by atoms with E-state index in [1.54, 1.807) is 0 Å². The fraction of sp³-hybridized carbons (Fsp3) is 0.500. The van der Waals surface area contributed by atoms with Crippen LogP contribution in [0.15, 0.2) is 12.1 Å². The van der Waals surface area contributed by atoms with Crippen LogP contribution in [-0.4, -0.2) is 49.6 Å². The maximum Gasteiger partial charge on any atom is 0.257 e. The first-order valence-corrected chi connectivity index (χ1v) is 7.36. The topological polar surface area (TPSA) is 58.6 Å². The molecule has 0 aromatic heterocycles. The Labute approximate surface area is 133 Å². The number of carbonyl (C=O) groups is 2. The first-order chi connectivity index (χ1) is 10.9. The molecule has 0 aliphatic carbocycles. The zero-order valence-corrected chi connectivity index (χ0v) is 13.4. The number of likely N-dealkylation sites (N-methyl/N-ethyl adjacent to an activating group) is 1. The van der Waals surface area contributed by atoms with E-state index in [9.17, 15) is 18.4 Å². The van der Waals surface area contributed by atoms with Gasteiger partial charge in [-0.25, -0.2) is 8.78 Å². The number of nitrogens with one attached hydrogen (secondary N) is 1. The summed E-state index contributed by atoms with van der Waals surface area (Å²) in [6.45, 7) is 1.78. The molecule has 1 aromatic rings. The SMILES string of the molecule is CNC(=O)C1(COC)CCCN1C(=O)c1cc(C)c(F)cc1F. The summed E-state index contributed by atoms with van der Waals surface area (Å²) in [5.74, 6) is -2.64. The van der Waals surface area contributed by atoms with Crippen LogP contribution in [0, 0.1) is 18.6 Å². The van der Waals surface area contributed by atoms with Gasteiger partial charge in [0.05, 0.1) is 12.2 Å². The highest BCUT2D eigenvalue weighted by Crippen LogP contribution is 2.32. The fourth-order valence-corrected chi connectivity index (χ4v) is 3.06. The van der Waals surface area contributed by atoms with Crippen LogP contribution in [-0.2, 0) is 9.53 Å². The van der Waals surface area contributed by atoms with E-state index in [0.29, 0.717) is 25.5 Å². The lowest BCUT2D eigenvalue weighted by molar-refractivity contribution is -0.133. The van der Waals surface area contributed by atoms with Crippen molar-refractivity contribution in [3.63, 3.8) is 0 Å². The van der Waals surface area contributed by atoms with Crippen molar-refractivity contribution in [2.24, 2.45) is 0 Å². The largest absolute Gasteiger partial charge is 0.382 e. The molecule has 2 amide bonds. The molecule has 0 saturated carbocycles. The summed E-state index contributed by atoms with van der Waals surface area (Å²) in [5, 5.41) is 2.54. The Kier molecular flexibility index (Phi) is 4.99. The Hall–Kier alpha value is -2.02. The lowest BCUT2D eigenvalue weighted by atomic mass is 9.95. The average molecular weight is 326 g/mol. The van der Waals surface area contributed by atoms with Crippen LogP contribution in [0.1, 0.15) is 28.8 Å². The van der Waals surface area contributed by atoms with E-state index in [1.165, 1.54) is 32.0 Å². The van der Waals surface area contributed by atoms with E-state index in [1.807, 2.05) is 0 Å². The molecule has 1 aliphatic heterocycles. The summed E-state index contributed by atoms with van der Waals surface area (Å²) >= 11 is 0. The number of hydrogen-bond acceptors (Lipinski definition) is 3. The number of benzene rings is 1. The summed E-state index contributed by atoms with van der Waals surface area (Å²) in [5.41, 5.74) is -1.24. The molecule has 23 heavy (non-hydrogen) atoms. The minimum Gasteiger partial charge on any atom is -0.382 e. The number of carbonyl (C=O) groups excluding carboxylic acids is 2. The van der Waals surface area contributed by atoms with Gasteiger partial charge in [-0.15, -0.1) is 0 Å². The summed E-state index contributed by atoms with van der Waals surface area (Å²) in [7, 11) is 2.91. The van der Waals surface area contributed by atoms with Crippen molar-refractivity contribution < 1.29 is 23.1 Å². The Morgan fingerprint density at radius 1 is 1.35 bits per heavy atom. The number of likely N-dealkylation sites (tertiary alicyclic amines) is 1. The number of amides is 2. The van der Waals surface area contributed by atoms with Gasteiger partial charge in [0.15, 0.2) is 0 Å². The standard InChI is InChI=1S/C16H20F2N2O3/c1-10-7-11(13(18)8-12(10)17)14(21)20-6-4-5-16(20,9-23-3)15(22)19-2/h7-8H,4-6,9H2,1-3H3,(H,19,22). The lowest BCUT2D eigenvalue weighted by Gasteiger charge is -2.36. The van der Waals surface area contributed by atoms with Crippen LogP contribution in [0.2, 0.25) is 0 Å². The Balaban J connectivity index is 2.44. The number of ether oxygens (including phenoxy) is 1. The molecule has 0 bridgehead atoms. The third-order valence-corrected chi connectivity index (χ3v) is 4.25. The molecule has 1 unspecified atom stereocenters. The molecule has 2 rings (SSSR count). The van der Waals surface area contributed by atoms with Gasteiger partial charge in [-0.05, 0) is 31.4 Å². The minimum absolute atomic E-state index is 0.0141. The van der Waals surface area contributed by atoms with E-state index in [4.69, 9.17) is 4.74 Å². The highest BCUT2D eigenvalue weighted by Gasteiger charge is 2.50. The second kappa shape index (κ2) is 6.62. The van der Waals surface area contributed by atoms with Crippen molar-refractivity contribution in [3.8, 4) is 0 Å². The zero-order valence-electron chi connectivity index (χ0n) is 13.4. The monoisotopic (exact) mass is 326 g/mol. The van der Waals surface area contributed by atoms with E-state index in [2.05, 4.69) is 5.32 Å². The van der Waals surface area contributed by atoms with E-state index < -0.39 is 23.1 Å². The van der Waals surface area contributed by atoms with Gasteiger partial charge in [0.2, 0.25) is 5.91 Å². The molecule has 1 atom stereocenters. The number of rotatable bonds is 4. The minimum atomic E-state index is -1.17. The average Bonchev–Trinajstić information content (AvgIpc) is 2.94. The third kappa shape index (κ3) is 2.93. The second-order valence-electron chi connectivity index (χ2n) is 5.69. The number of aryl methyl sites for hydroxylation is 1. The molecule has 0 spiro atoms. The number of hydrogen-bond donors (Lipinski definition) is 1. The van der Waals surface area contributed by atoms with E-state index in [0.717, 1.165) is 0 Å². The number of nitrogens with zero attached hydrogens (tertiary/aromatic N) is 1. The third-order valence-electron chi connectivity index (χ3n) is 4.25. The van der Waals surface area contributed by atoms with Crippen LogP contribution >= 0.6 is 0 Å². The molecular weight excluding hydrogens is 306 g/mol. The predicted octanol–water partition coefficient (Wildman–Crippen LogP) is 1.64. The van der Waals surface area contributed by atoms with E-state index >= 15 is 0 Å². The molecule has 0 radical (unpaired) electrons. The summed E-state index contributed by atoms with van der Waals surface area (Å²) in [6, 6.07) is 1.86. The first-order valence-electron chi connectivity index (χ1n) is 7.36. The van der Waals surface area contributed by atoms with Crippen LogP contribution in [0.4, 0.5) is 8.78 Å². The van der Waals surface area contributed by atoms with Gasteiger partial charge in [-0.3, -0.25) is 9.59 Å². The highest BCUT2D eigenvalue weighted by atomic mass is 19.1. The smallest absolute Gasteiger partial charge is 0.257 e. The van der Waals surface area contributed by atoms with Gasteiger partial charge < -0.3 is 15.0 Å². The van der Waals surface area contributed by atoms with Crippen molar-refractivity contribution in [2.75, 3.05) is 27.3 Å². The van der Waals surface area contributed by atoms with Crippen molar-refractivity contribution in [1.82, 2.24) is 10.2 Å². The van der Waals surface area contributed by atoms with Gasteiger partial charge in [-0.2, -0.15) is 0 Å². The molecule has 1 fully saturated rings. The van der Waals surface area contributed by atoms with Crippen LogP contribution in [0.5, 0.6) is 0 Å². The maximum absolute atomic E-state index is 14.0. The summed E-state index contributed by atoms with van der Waals surface area (Å²) in [6.07, 6.45) is 1.03. The first kappa shape index (κ1) is 17.3. The summed E-state index contributed by atoms with van der Waals surface area (Å²) in [4.78, 5) is 26.4. The quantitative estimate of drug-likeness (QED) is 0.915. The maximum atomic E-state index is 14.0. The molecular formula is C16H20F2N2O3. The number of methoxy groups -OCH3 is 1. The van der Waals surface area contributed by atoms with Gasteiger partial charge in [0, 0.05) is 26.8 Å². The van der Waals surface area contributed by atoms with Crippen LogP contribution in [0.25, 0.3) is 0 Å². The Morgan fingerprint density at radius 2 is 2.04 bits per heavy atom. The molecule has 126 valence electrons. The number of halogens is 2. The molecule has 1 aromatic carbocycles. The van der Waals surface area contributed by atoms with Crippen LogP contribution < -0.4 is 5.32 Å². The zero-order chi connectivity index (χ0) is 17.2. The van der Waals surface area contributed by atoms with Crippen molar-refractivity contribution in [2.45, 2.75) is 25.3 Å². The van der Waals surface area contributed by atoms with Gasteiger partial charge >= 0.3 is 0 Å².